The third-order valence-electron chi connectivity index (χ3n) is 2.82. The average molecular weight is 267 g/mol. The van der Waals surface area contributed by atoms with Crippen LogP contribution < -0.4 is 5.32 Å². The lowest BCUT2D eigenvalue weighted by Gasteiger charge is -2.19. The molecule has 18 heavy (non-hydrogen) atoms. The van der Waals surface area contributed by atoms with Gasteiger partial charge in [-0.25, -0.2) is 4.98 Å². The Morgan fingerprint density at radius 2 is 2.17 bits per heavy atom. The van der Waals surface area contributed by atoms with Gasteiger partial charge < -0.3 is 5.32 Å². The third kappa shape index (κ3) is 2.93. The quantitative estimate of drug-likeness (QED) is 0.846. The second kappa shape index (κ2) is 5.57. The summed E-state index contributed by atoms with van der Waals surface area (Å²) in [4.78, 5) is 4.21. The maximum absolute atomic E-state index is 6.02. The Kier molecular flexibility index (Phi) is 4.07. The summed E-state index contributed by atoms with van der Waals surface area (Å²) in [6.07, 6.45) is 2.60. The van der Waals surface area contributed by atoms with Crippen molar-refractivity contribution < 1.29 is 0 Å². The number of rotatable bonds is 5. The Hall–Kier alpha value is -1.29. The lowest BCUT2D eigenvalue weighted by Crippen LogP contribution is -2.24. The van der Waals surface area contributed by atoms with E-state index in [1.54, 1.807) is 6.33 Å². The molecule has 0 spiro atoms. The highest BCUT2D eigenvalue weighted by Gasteiger charge is 2.12. The monoisotopic (exact) mass is 266 g/mol. The number of fused-ring (bicyclic) bond motifs is 1. The Bertz CT molecular complexity index is 521. The number of nitrogens with zero attached hydrogens (tertiary/aromatic N) is 3. The summed E-state index contributed by atoms with van der Waals surface area (Å²) in [6.45, 7) is 6.45. The van der Waals surface area contributed by atoms with Crippen molar-refractivity contribution in [3.05, 3.63) is 24.0 Å². The van der Waals surface area contributed by atoms with Crippen LogP contribution in [0.4, 0.5) is 5.82 Å². The maximum Gasteiger partial charge on any atom is 0.157 e. The first-order valence-corrected chi connectivity index (χ1v) is 6.76. The fraction of sp³-hybridized carbons (Fsp3) is 0.538. The van der Waals surface area contributed by atoms with Gasteiger partial charge in [0.15, 0.2) is 5.65 Å². The second-order valence-corrected chi connectivity index (χ2v) is 5.38. The van der Waals surface area contributed by atoms with E-state index in [0.717, 1.165) is 23.4 Å². The lowest BCUT2D eigenvalue weighted by atomic mass is 10.1. The van der Waals surface area contributed by atoms with Crippen molar-refractivity contribution >= 4 is 23.1 Å². The van der Waals surface area contributed by atoms with Crippen molar-refractivity contribution in [3.8, 4) is 0 Å². The number of aromatic nitrogens is 3. The minimum Gasteiger partial charge on any atom is -0.366 e. The van der Waals surface area contributed by atoms with Gasteiger partial charge in [-0.15, -0.1) is 11.6 Å². The Morgan fingerprint density at radius 1 is 1.39 bits per heavy atom. The minimum absolute atomic E-state index is 0.251. The van der Waals surface area contributed by atoms with Crippen LogP contribution in [0.3, 0.4) is 0 Å². The first-order valence-electron chi connectivity index (χ1n) is 6.23. The van der Waals surface area contributed by atoms with E-state index in [4.69, 9.17) is 11.6 Å². The SMILES string of the molecule is Cc1cc(NC(CCl)CC(C)C)n2ncnc2c1. The molecular formula is C13H19ClN4. The van der Waals surface area contributed by atoms with Crippen LogP contribution in [-0.2, 0) is 0 Å². The summed E-state index contributed by atoms with van der Waals surface area (Å²) in [7, 11) is 0. The molecule has 2 heterocycles. The number of pyridine rings is 1. The number of halogens is 1. The molecular weight excluding hydrogens is 248 g/mol. The summed E-state index contributed by atoms with van der Waals surface area (Å²) < 4.78 is 1.81. The molecule has 2 rings (SSSR count). The Labute approximate surface area is 112 Å². The van der Waals surface area contributed by atoms with E-state index in [2.05, 4.69) is 42.2 Å². The molecule has 0 aromatic carbocycles. The summed E-state index contributed by atoms with van der Waals surface area (Å²) in [5.74, 6) is 2.15. The number of hydrogen-bond donors (Lipinski definition) is 1. The smallest absolute Gasteiger partial charge is 0.157 e. The van der Waals surface area contributed by atoms with Crippen molar-refractivity contribution in [1.29, 1.82) is 0 Å². The van der Waals surface area contributed by atoms with E-state index >= 15 is 0 Å². The van der Waals surface area contributed by atoms with Gasteiger partial charge in [0.25, 0.3) is 0 Å². The molecule has 0 aliphatic rings. The molecule has 4 nitrogen and oxygen atoms in total. The first kappa shape index (κ1) is 13.1. The maximum atomic E-state index is 6.02. The van der Waals surface area contributed by atoms with Gasteiger partial charge in [0, 0.05) is 11.9 Å². The molecule has 2 aromatic rings. The fourth-order valence-corrected chi connectivity index (χ4v) is 2.30. The van der Waals surface area contributed by atoms with Gasteiger partial charge in [-0.1, -0.05) is 13.8 Å². The molecule has 1 N–H and O–H groups in total. The topological polar surface area (TPSA) is 42.2 Å². The molecule has 0 amide bonds. The third-order valence-corrected chi connectivity index (χ3v) is 3.19. The highest BCUT2D eigenvalue weighted by Crippen LogP contribution is 2.17. The Balaban J connectivity index is 2.26. The van der Waals surface area contributed by atoms with E-state index in [9.17, 15) is 0 Å². The molecule has 0 bridgehead atoms. The van der Waals surface area contributed by atoms with Crippen molar-refractivity contribution in [2.75, 3.05) is 11.2 Å². The highest BCUT2D eigenvalue weighted by molar-refractivity contribution is 6.18. The van der Waals surface area contributed by atoms with Gasteiger partial charge in [0.1, 0.15) is 12.1 Å². The largest absolute Gasteiger partial charge is 0.366 e. The number of anilines is 1. The normalized spacial score (nSPS) is 13.2. The van der Waals surface area contributed by atoms with E-state index in [1.807, 2.05) is 10.6 Å². The molecule has 5 heteroatoms. The summed E-state index contributed by atoms with van der Waals surface area (Å²) in [5.41, 5.74) is 2.02. The van der Waals surface area contributed by atoms with E-state index in [1.165, 1.54) is 0 Å². The van der Waals surface area contributed by atoms with Gasteiger partial charge in [0.05, 0.1) is 0 Å². The van der Waals surface area contributed by atoms with Crippen LogP contribution in [0.1, 0.15) is 25.8 Å². The number of hydrogen-bond acceptors (Lipinski definition) is 3. The van der Waals surface area contributed by atoms with Crippen molar-refractivity contribution in [3.63, 3.8) is 0 Å². The second-order valence-electron chi connectivity index (χ2n) is 5.07. The predicted molar refractivity (Wildman–Crippen MR) is 75.3 cm³/mol. The fourth-order valence-electron chi connectivity index (χ4n) is 2.10. The van der Waals surface area contributed by atoms with Crippen LogP contribution in [0.5, 0.6) is 0 Å². The number of aryl methyl sites for hydroxylation is 1. The predicted octanol–water partition coefficient (Wildman–Crippen LogP) is 3.10. The number of nitrogens with one attached hydrogen (secondary N) is 1. The van der Waals surface area contributed by atoms with Gasteiger partial charge >= 0.3 is 0 Å². The molecule has 1 unspecified atom stereocenters. The molecule has 0 saturated carbocycles. The van der Waals surface area contributed by atoms with Crippen molar-refractivity contribution in [2.24, 2.45) is 5.92 Å². The van der Waals surface area contributed by atoms with Crippen LogP contribution in [0.2, 0.25) is 0 Å². The standard InChI is InChI=1S/C13H19ClN4/c1-9(2)4-11(7-14)17-13-6-10(3)5-12-15-8-16-18(12)13/h5-6,8-9,11,17H,4,7H2,1-3H3. The van der Waals surface area contributed by atoms with Gasteiger partial charge in [-0.3, -0.25) is 0 Å². The zero-order valence-electron chi connectivity index (χ0n) is 11.0. The van der Waals surface area contributed by atoms with E-state index in [-0.39, 0.29) is 6.04 Å². The Morgan fingerprint density at radius 3 is 2.83 bits per heavy atom. The molecule has 0 radical (unpaired) electrons. The molecule has 0 saturated heterocycles. The molecule has 0 aliphatic carbocycles. The molecule has 98 valence electrons. The summed E-state index contributed by atoms with van der Waals surface area (Å²) in [6, 6.07) is 4.33. The molecule has 2 aromatic heterocycles. The zero-order valence-corrected chi connectivity index (χ0v) is 11.8. The van der Waals surface area contributed by atoms with E-state index in [0.29, 0.717) is 11.8 Å². The van der Waals surface area contributed by atoms with Crippen LogP contribution in [-0.4, -0.2) is 26.5 Å². The average Bonchev–Trinajstić information content (AvgIpc) is 2.75. The summed E-state index contributed by atoms with van der Waals surface area (Å²) in [5, 5.41) is 7.68. The van der Waals surface area contributed by atoms with Crippen LogP contribution in [0.15, 0.2) is 18.5 Å². The highest BCUT2D eigenvalue weighted by atomic mass is 35.5. The first-order chi connectivity index (χ1) is 8.60. The lowest BCUT2D eigenvalue weighted by molar-refractivity contribution is 0.540. The van der Waals surface area contributed by atoms with Crippen LogP contribution in [0.25, 0.3) is 5.65 Å². The van der Waals surface area contributed by atoms with Crippen molar-refractivity contribution in [2.45, 2.75) is 33.2 Å². The van der Waals surface area contributed by atoms with Crippen LogP contribution in [0, 0.1) is 12.8 Å². The van der Waals surface area contributed by atoms with Gasteiger partial charge in [-0.2, -0.15) is 9.61 Å². The molecule has 0 fully saturated rings. The van der Waals surface area contributed by atoms with Crippen LogP contribution >= 0.6 is 11.6 Å². The van der Waals surface area contributed by atoms with Gasteiger partial charge in [-0.05, 0) is 37.0 Å². The number of alkyl halides is 1. The zero-order chi connectivity index (χ0) is 13.1. The summed E-state index contributed by atoms with van der Waals surface area (Å²) >= 11 is 6.02. The van der Waals surface area contributed by atoms with Gasteiger partial charge in [0.2, 0.25) is 0 Å². The molecule has 1 atom stereocenters. The minimum atomic E-state index is 0.251. The van der Waals surface area contributed by atoms with Crippen molar-refractivity contribution in [1.82, 2.24) is 14.6 Å². The van der Waals surface area contributed by atoms with E-state index < -0.39 is 0 Å². The molecule has 0 aliphatic heterocycles.